The highest BCUT2D eigenvalue weighted by Gasteiger charge is 2.42. The average molecular weight is 405 g/mol. The summed E-state index contributed by atoms with van der Waals surface area (Å²) in [6, 6.07) is 0. The van der Waals surface area contributed by atoms with E-state index < -0.39 is 0 Å². The molecule has 0 aromatic carbocycles. The zero-order valence-corrected chi connectivity index (χ0v) is 14.8. The van der Waals surface area contributed by atoms with Crippen molar-refractivity contribution in [2.45, 2.75) is 19.4 Å². The van der Waals surface area contributed by atoms with Crippen molar-refractivity contribution in [1.82, 2.24) is 19.8 Å². The van der Waals surface area contributed by atoms with Gasteiger partial charge in [-0.2, -0.15) is 0 Å². The molecule has 3 rings (SSSR count). The molecule has 1 spiro atoms. The van der Waals surface area contributed by atoms with Crippen LogP contribution in [0.2, 0.25) is 0 Å². The van der Waals surface area contributed by atoms with Gasteiger partial charge in [0, 0.05) is 57.6 Å². The zero-order valence-electron chi connectivity index (χ0n) is 12.5. The van der Waals surface area contributed by atoms with Gasteiger partial charge in [-0.05, 0) is 12.8 Å². The number of halogens is 1. The Kier molecular flexibility index (Phi) is 5.86. The summed E-state index contributed by atoms with van der Waals surface area (Å²) in [5.74, 6) is 1.01. The number of likely N-dealkylation sites (tertiary alicyclic amines) is 1. The summed E-state index contributed by atoms with van der Waals surface area (Å²) in [6.07, 6.45) is 8.03. The van der Waals surface area contributed by atoms with Gasteiger partial charge in [-0.1, -0.05) is 0 Å². The Morgan fingerprint density at radius 3 is 3.05 bits per heavy atom. The predicted molar refractivity (Wildman–Crippen MR) is 93.1 cm³/mol. The summed E-state index contributed by atoms with van der Waals surface area (Å²) in [4.78, 5) is 10.8. The third kappa shape index (κ3) is 3.88. The van der Waals surface area contributed by atoms with Gasteiger partial charge in [-0.3, -0.25) is 4.99 Å². The molecule has 2 aliphatic rings. The molecular formula is C14H24IN5O. The number of hydrogen-bond donors (Lipinski definition) is 1. The minimum atomic E-state index is 0. The smallest absolute Gasteiger partial charge is 0.193 e. The Balaban J connectivity index is 0.00000161. The van der Waals surface area contributed by atoms with Crippen molar-refractivity contribution in [3.8, 4) is 0 Å². The third-order valence-corrected chi connectivity index (χ3v) is 4.35. The topological polar surface area (TPSA) is 54.7 Å². The SMILES string of the molecule is CN=C(NCCn1ccnc1)N1CCC2(CCOC2)C1.I. The second kappa shape index (κ2) is 7.44. The van der Waals surface area contributed by atoms with Crippen molar-refractivity contribution in [2.75, 3.05) is 39.9 Å². The number of rotatable bonds is 3. The quantitative estimate of drug-likeness (QED) is 0.467. The maximum Gasteiger partial charge on any atom is 0.193 e. The molecule has 6 nitrogen and oxygen atoms in total. The second-order valence-corrected chi connectivity index (χ2v) is 5.75. The minimum Gasteiger partial charge on any atom is -0.381 e. The molecule has 1 aromatic rings. The van der Waals surface area contributed by atoms with Gasteiger partial charge >= 0.3 is 0 Å². The second-order valence-electron chi connectivity index (χ2n) is 5.75. The number of imidazole rings is 1. The molecule has 1 unspecified atom stereocenters. The molecule has 2 fully saturated rings. The number of hydrogen-bond acceptors (Lipinski definition) is 3. The van der Waals surface area contributed by atoms with E-state index in [4.69, 9.17) is 4.74 Å². The standard InChI is InChI=1S/C14H23N5O.HI/c1-15-13(17-5-8-18-7-4-16-12-18)19-6-2-14(10-19)3-9-20-11-14;/h4,7,12H,2-3,5-6,8-11H2,1H3,(H,15,17);1H. The van der Waals surface area contributed by atoms with Gasteiger partial charge in [0.2, 0.25) is 0 Å². The van der Waals surface area contributed by atoms with Crippen molar-refractivity contribution in [1.29, 1.82) is 0 Å². The van der Waals surface area contributed by atoms with Crippen molar-refractivity contribution < 1.29 is 4.74 Å². The Hall–Kier alpha value is -0.830. The third-order valence-electron chi connectivity index (χ3n) is 4.35. The van der Waals surface area contributed by atoms with Crippen molar-refractivity contribution in [3.05, 3.63) is 18.7 Å². The highest BCUT2D eigenvalue weighted by atomic mass is 127. The number of nitrogens with zero attached hydrogens (tertiary/aromatic N) is 4. The molecule has 2 aliphatic heterocycles. The first-order valence-electron chi connectivity index (χ1n) is 7.30. The first kappa shape index (κ1) is 16.5. The minimum absolute atomic E-state index is 0. The Morgan fingerprint density at radius 2 is 2.38 bits per heavy atom. The average Bonchev–Trinajstić information content (AvgIpc) is 3.19. The van der Waals surface area contributed by atoms with E-state index in [2.05, 4.69) is 24.8 Å². The van der Waals surface area contributed by atoms with Crippen LogP contribution in [0.3, 0.4) is 0 Å². The molecule has 2 saturated heterocycles. The predicted octanol–water partition coefficient (Wildman–Crippen LogP) is 1.19. The molecule has 0 radical (unpaired) electrons. The number of guanidine groups is 1. The lowest BCUT2D eigenvalue weighted by molar-refractivity contribution is 0.156. The fourth-order valence-electron chi connectivity index (χ4n) is 3.14. The van der Waals surface area contributed by atoms with E-state index in [1.807, 2.05) is 19.6 Å². The molecule has 7 heteroatoms. The fraction of sp³-hybridized carbons (Fsp3) is 0.714. The Labute approximate surface area is 143 Å². The van der Waals surface area contributed by atoms with Crippen LogP contribution in [0.5, 0.6) is 0 Å². The zero-order chi connectivity index (χ0) is 13.8. The summed E-state index contributed by atoms with van der Waals surface area (Å²) < 4.78 is 7.64. The lowest BCUT2D eigenvalue weighted by atomic mass is 9.87. The molecule has 21 heavy (non-hydrogen) atoms. The highest BCUT2D eigenvalue weighted by Crippen LogP contribution is 2.38. The monoisotopic (exact) mass is 405 g/mol. The van der Waals surface area contributed by atoms with Crippen LogP contribution in [-0.2, 0) is 11.3 Å². The van der Waals surface area contributed by atoms with Gasteiger partial charge in [-0.15, -0.1) is 24.0 Å². The van der Waals surface area contributed by atoms with Gasteiger partial charge in [0.15, 0.2) is 5.96 Å². The molecule has 3 heterocycles. The molecule has 0 amide bonds. The maximum absolute atomic E-state index is 5.58. The van der Waals surface area contributed by atoms with Gasteiger partial charge in [0.05, 0.1) is 12.9 Å². The number of aliphatic imine (C=N–C) groups is 1. The van der Waals surface area contributed by atoms with Crippen molar-refractivity contribution in [3.63, 3.8) is 0 Å². The summed E-state index contributed by atoms with van der Waals surface area (Å²) in [5.41, 5.74) is 0.377. The summed E-state index contributed by atoms with van der Waals surface area (Å²) >= 11 is 0. The first-order chi connectivity index (χ1) is 9.81. The fourth-order valence-corrected chi connectivity index (χ4v) is 3.14. The van der Waals surface area contributed by atoms with Crippen LogP contribution in [0, 0.1) is 5.41 Å². The molecular weight excluding hydrogens is 381 g/mol. The Morgan fingerprint density at radius 1 is 1.48 bits per heavy atom. The molecule has 1 N–H and O–H groups in total. The van der Waals surface area contributed by atoms with Crippen LogP contribution >= 0.6 is 24.0 Å². The van der Waals surface area contributed by atoms with Gasteiger partial charge in [0.1, 0.15) is 0 Å². The summed E-state index contributed by atoms with van der Waals surface area (Å²) in [5, 5.41) is 3.44. The molecule has 0 saturated carbocycles. The van der Waals surface area contributed by atoms with Crippen LogP contribution in [0.15, 0.2) is 23.7 Å². The molecule has 118 valence electrons. The van der Waals surface area contributed by atoms with E-state index in [0.717, 1.165) is 45.4 Å². The normalized spacial score (nSPS) is 25.4. The van der Waals surface area contributed by atoms with Crippen LogP contribution in [0.1, 0.15) is 12.8 Å². The van der Waals surface area contributed by atoms with E-state index in [1.165, 1.54) is 12.8 Å². The van der Waals surface area contributed by atoms with Gasteiger partial charge in [-0.25, -0.2) is 4.98 Å². The lowest BCUT2D eigenvalue weighted by Gasteiger charge is -2.25. The van der Waals surface area contributed by atoms with Crippen molar-refractivity contribution >= 4 is 29.9 Å². The lowest BCUT2D eigenvalue weighted by Crippen LogP contribution is -2.42. The maximum atomic E-state index is 5.58. The van der Waals surface area contributed by atoms with E-state index in [-0.39, 0.29) is 24.0 Å². The van der Waals surface area contributed by atoms with Crippen LogP contribution in [-0.4, -0.2) is 60.3 Å². The van der Waals surface area contributed by atoms with Crippen molar-refractivity contribution in [2.24, 2.45) is 10.4 Å². The number of nitrogens with one attached hydrogen (secondary N) is 1. The van der Waals surface area contributed by atoms with E-state index in [1.54, 1.807) is 6.20 Å². The summed E-state index contributed by atoms with van der Waals surface area (Å²) in [7, 11) is 1.86. The van der Waals surface area contributed by atoms with Gasteiger partial charge < -0.3 is 19.5 Å². The van der Waals surface area contributed by atoms with E-state index in [9.17, 15) is 0 Å². The number of ether oxygens (including phenoxy) is 1. The number of aromatic nitrogens is 2. The van der Waals surface area contributed by atoms with Gasteiger partial charge in [0.25, 0.3) is 0 Å². The van der Waals surface area contributed by atoms with E-state index in [0.29, 0.717) is 5.41 Å². The Bertz CT molecular complexity index is 456. The molecule has 0 aliphatic carbocycles. The van der Waals surface area contributed by atoms with E-state index >= 15 is 0 Å². The largest absolute Gasteiger partial charge is 0.381 e. The molecule has 0 bridgehead atoms. The summed E-state index contributed by atoms with van der Waals surface area (Å²) in [6.45, 7) is 5.74. The molecule has 1 aromatic heterocycles. The first-order valence-corrected chi connectivity index (χ1v) is 7.30. The highest BCUT2D eigenvalue weighted by molar-refractivity contribution is 14.0. The van der Waals surface area contributed by atoms with Crippen LogP contribution in [0.25, 0.3) is 0 Å². The van der Waals surface area contributed by atoms with Crippen LogP contribution < -0.4 is 5.32 Å². The molecule has 1 atom stereocenters. The van der Waals surface area contributed by atoms with Crippen LogP contribution in [0.4, 0.5) is 0 Å².